The SMILES string of the molecule is CC.Clc1ccc(OCc2ncc(CC3CNC3)o2)c(Cl)c1. The summed E-state index contributed by atoms with van der Waals surface area (Å²) in [6.07, 6.45) is 2.68. The maximum atomic E-state index is 6.03. The third-order valence-electron chi connectivity index (χ3n) is 3.20. The third kappa shape index (κ3) is 4.63. The molecule has 1 N–H and O–H groups in total. The zero-order chi connectivity index (χ0) is 15.9. The minimum Gasteiger partial charge on any atom is -0.482 e. The predicted octanol–water partition coefficient (Wildman–Crippen LogP) is 4.35. The average Bonchev–Trinajstić information content (AvgIpc) is 2.92. The highest BCUT2D eigenvalue weighted by Crippen LogP contribution is 2.28. The Morgan fingerprint density at radius 2 is 2.09 bits per heavy atom. The molecule has 3 rings (SSSR count). The van der Waals surface area contributed by atoms with E-state index in [0.717, 1.165) is 25.3 Å². The molecule has 0 spiro atoms. The van der Waals surface area contributed by atoms with Crippen LogP contribution in [0.2, 0.25) is 10.0 Å². The smallest absolute Gasteiger partial charge is 0.232 e. The molecule has 1 saturated heterocycles. The Hall–Kier alpha value is -1.23. The van der Waals surface area contributed by atoms with Crippen LogP contribution in [0.4, 0.5) is 0 Å². The lowest BCUT2D eigenvalue weighted by Gasteiger charge is -2.25. The Morgan fingerprint density at radius 1 is 1.32 bits per heavy atom. The minimum atomic E-state index is 0.254. The summed E-state index contributed by atoms with van der Waals surface area (Å²) < 4.78 is 11.2. The Labute approximate surface area is 140 Å². The van der Waals surface area contributed by atoms with Crippen LogP contribution in [0.15, 0.2) is 28.8 Å². The van der Waals surface area contributed by atoms with Crippen LogP contribution in [0, 0.1) is 5.92 Å². The molecule has 120 valence electrons. The van der Waals surface area contributed by atoms with Crippen molar-refractivity contribution in [3.63, 3.8) is 0 Å². The van der Waals surface area contributed by atoms with Gasteiger partial charge in [0, 0.05) is 11.4 Å². The average molecular weight is 343 g/mol. The molecule has 0 radical (unpaired) electrons. The van der Waals surface area contributed by atoms with Crippen molar-refractivity contribution in [3.8, 4) is 5.75 Å². The van der Waals surface area contributed by atoms with E-state index in [2.05, 4.69) is 10.3 Å². The molecular weight excluding hydrogens is 323 g/mol. The van der Waals surface area contributed by atoms with Gasteiger partial charge >= 0.3 is 0 Å². The molecule has 0 aliphatic carbocycles. The van der Waals surface area contributed by atoms with Gasteiger partial charge in [0.15, 0.2) is 6.61 Å². The van der Waals surface area contributed by atoms with Gasteiger partial charge in [0.05, 0.1) is 11.2 Å². The topological polar surface area (TPSA) is 47.3 Å². The summed E-state index contributed by atoms with van der Waals surface area (Å²) in [4.78, 5) is 4.21. The fourth-order valence-electron chi connectivity index (χ4n) is 2.02. The number of rotatable bonds is 5. The normalized spacial score (nSPS) is 14.0. The second-order valence-corrected chi connectivity index (χ2v) is 5.66. The molecular formula is C16H20Cl2N2O2. The number of hydrogen-bond acceptors (Lipinski definition) is 4. The molecule has 4 nitrogen and oxygen atoms in total. The lowest BCUT2D eigenvalue weighted by molar-refractivity contribution is 0.252. The molecule has 1 aromatic carbocycles. The largest absolute Gasteiger partial charge is 0.482 e. The van der Waals surface area contributed by atoms with E-state index < -0.39 is 0 Å². The summed E-state index contributed by atoms with van der Waals surface area (Å²) >= 11 is 11.9. The molecule has 0 bridgehead atoms. The van der Waals surface area contributed by atoms with E-state index in [4.69, 9.17) is 32.4 Å². The quantitative estimate of drug-likeness (QED) is 0.877. The molecule has 2 aromatic rings. The summed E-state index contributed by atoms with van der Waals surface area (Å²) in [6, 6.07) is 5.10. The first-order valence-corrected chi connectivity index (χ1v) is 8.18. The minimum absolute atomic E-state index is 0.254. The van der Waals surface area contributed by atoms with E-state index in [1.165, 1.54) is 0 Å². The Kier molecular flexibility index (Phi) is 6.55. The number of nitrogens with zero attached hydrogens (tertiary/aromatic N) is 1. The molecule has 2 heterocycles. The fourth-order valence-corrected chi connectivity index (χ4v) is 2.48. The zero-order valence-electron chi connectivity index (χ0n) is 12.7. The van der Waals surface area contributed by atoms with Gasteiger partial charge in [-0.3, -0.25) is 0 Å². The summed E-state index contributed by atoms with van der Waals surface area (Å²) in [6.45, 7) is 6.35. The van der Waals surface area contributed by atoms with Crippen molar-refractivity contribution < 1.29 is 9.15 Å². The molecule has 0 unspecified atom stereocenters. The standard InChI is InChI=1S/C14H14Cl2N2O2.C2H6/c15-10-1-2-13(12(16)4-10)19-8-14-18-7-11(20-14)3-9-5-17-6-9;1-2/h1-2,4,7,9,17H,3,5-6,8H2;1-2H3. The van der Waals surface area contributed by atoms with Crippen LogP contribution >= 0.6 is 23.2 Å². The Balaban J connectivity index is 0.000000847. The first kappa shape index (κ1) is 17.1. The molecule has 1 aromatic heterocycles. The van der Waals surface area contributed by atoms with Gasteiger partial charge in [0.25, 0.3) is 0 Å². The monoisotopic (exact) mass is 342 g/mol. The predicted molar refractivity (Wildman–Crippen MR) is 88.7 cm³/mol. The van der Waals surface area contributed by atoms with Crippen molar-refractivity contribution in [2.75, 3.05) is 13.1 Å². The van der Waals surface area contributed by atoms with Crippen molar-refractivity contribution >= 4 is 23.2 Å². The van der Waals surface area contributed by atoms with Gasteiger partial charge < -0.3 is 14.5 Å². The highest BCUT2D eigenvalue weighted by molar-refractivity contribution is 6.35. The van der Waals surface area contributed by atoms with Crippen LogP contribution in [-0.4, -0.2) is 18.1 Å². The van der Waals surface area contributed by atoms with Gasteiger partial charge in [-0.1, -0.05) is 37.0 Å². The van der Waals surface area contributed by atoms with E-state index in [9.17, 15) is 0 Å². The molecule has 0 atom stereocenters. The number of benzene rings is 1. The molecule has 0 amide bonds. The molecule has 6 heteroatoms. The van der Waals surface area contributed by atoms with Crippen LogP contribution in [-0.2, 0) is 13.0 Å². The van der Waals surface area contributed by atoms with E-state index >= 15 is 0 Å². The Bertz CT molecular complexity index is 598. The summed E-state index contributed by atoms with van der Waals surface area (Å²) in [5.41, 5.74) is 0. The van der Waals surface area contributed by atoms with Gasteiger partial charge in [0.1, 0.15) is 11.5 Å². The van der Waals surface area contributed by atoms with Gasteiger partial charge in [-0.2, -0.15) is 0 Å². The number of ether oxygens (including phenoxy) is 1. The van der Waals surface area contributed by atoms with Crippen molar-refractivity contribution in [1.82, 2.24) is 10.3 Å². The summed E-state index contributed by atoms with van der Waals surface area (Å²) in [7, 11) is 0. The van der Waals surface area contributed by atoms with Crippen molar-refractivity contribution in [2.24, 2.45) is 5.92 Å². The van der Waals surface area contributed by atoms with Gasteiger partial charge in [-0.25, -0.2) is 4.98 Å². The highest BCUT2D eigenvalue weighted by Gasteiger charge is 2.19. The van der Waals surface area contributed by atoms with Crippen molar-refractivity contribution in [1.29, 1.82) is 0 Å². The summed E-state index contributed by atoms with van der Waals surface area (Å²) in [5, 5.41) is 4.29. The molecule has 1 aliphatic heterocycles. The van der Waals surface area contributed by atoms with Gasteiger partial charge in [0.2, 0.25) is 5.89 Å². The summed E-state index contributed by atoms with van der Waals surface area (Å²) in [5.74, 6) is 2.68. The highest BCUT2D eigenvalue weighted by atomic mass is 35.5. The molecule has 22 heavy (non-hydrogen) atoms. The molecule has 1 aliphatic rings. The van der Waals surface area contributed by atoms with Crippen LogP contribution in [0.25, 0.3) is 0 Å². The number of nitrogens with one attached hydrogen (secondary N) is 1. The van der Waals surface area contributed by atoms with Gasteiger partial charge in [-0.05, 0) is 37.2 Å². The van der Waals surface area contributed by atoms with Crippen LogP contribution in [0.5, 0.6) is 5.75 Å². The fraction of sp³-hybridized carbons (Fsp3) is 0.438. The van der Waals surface area contributed by atoms with Crippen molar-refractivity contribution in [2.45, 2.75) is 26.9 Å². The molecule has 1 fully saturated rings. The first-order chi connectivity index (χ1) is 10.7. The number of hydrogen-bond donors (Lipinski definition) is 1. The van der Waals surface area contributed by atoms with Crippen LogP contribution in [0.3, 0.4) is 0 Å². The molecule has 0 saturated carbocycles. The van der Waals surface area contributed by atoms with Gasteiger partial charge in [-0.15, -0.1) is 0 Å². The lowest BCUT2D eigenvalue weighted by Crippen LogP contribution is -2.42. The maximum absolute atomic E-state index is 6.03. The number of oxazole rings is 1. The first-order valence-electron chi connectivity index (χ1n) is 7.43. The van der Waals surface area contributed by atoms with Crippen LogP contribution in [0.1, 0.15) is 25.5 Å². The van der Waals surface area contributed by atoms with Crippen LogP contribution < -0.4 is 10.1 Å². The van der Waals surface area contributed by atoms with E-state index in [-0.39, 0.29) is 6.61 Å². The maximum Gasteiger partial charge on any atom is 0.232 e. The van der Waals surface area contributed by atoms with E-state index in [0.29, 0.717) is 27.6 Å². The second-order valence-electron chi connectivity index (χ2n) is 4.81. The second kappa shape index (κ2) is 8.42. The zero-order valence-corrected chi connectivity index (χ0v) is 14.2. The lowest BCUT2D eigenvalue weighted by atomic mass is 9.98. The van der Waals surface area contributed by atoms with Crippen molar-refractivity contribution in [3.05, 3.63) is 46.1 Å². The number of aromatic nitrogens is 1. The van der Waals surface area contributed by atoms with E-state index in [1.54, 1.807) is 24.4 Å². The Morgan fingerprint density at radius 3 is 2.73 bits per heavy atom. The third-order valence-corrected chi connectivity index (χ3v) is 3.73. The number of halogens is 2. The van der Waals surface area contributed by atoms with E-state index in [1.807, 2.05) is 13.8 Å².